The van der Waals surface area contributed by atoms with Crippen LogP contribution in [0.2, 0.25) is 0 Å². The van der Waals surface area contributed by atoms with Crippen LogP contribution in [0.25, 0.3) is 0 Å². The Morgan fingerprint density at radius 2 is 2.00 bits per heavy atom. The Bertz CT molecular complexity index is 630. The number of aryl methyl sites for hydroxylation is 1. The number of hydrogen-bond donors (Lipinski definition) is 2. The molecule has 0 atom stereocenters. The van der Waals surface area contributed by atoms with Crippen LogP contribution in [0.4, 0.5) is 17.3 Å². The molecular formula is C14H15BrN4O. The van der Waals surface area contributed by atoms with E-state index in [-0.39, 0.29) is 12.3 Å². The van der Waals surface area contributed by atoms with Crippen LogP contribution in [0.5, 0.6) is 0 Å². The summed E-state index contributed by atoms with van der Waals surface area (Å²) in [6.45, 7) is 3.80. The smallest absolute Gasteiger partial charge is 0.148 e. The SMILES string of the molecule is CC(=O)CNc1cc(Nc2cc(Br)ccc2C)ncn1. The van der Waals surface area contributed by atoms with E-state index in [2.05, 4.69) is 36.5 Å². The van der Waals surface area contributed by atoms with Crippen LogP contribution < -0.4 is 10.6 Å². The highest BCUT2D eigenvalue weighted by atomic mass is 79.9. The van der Waals surface area contributed by atoms with Gasteiger partial charge in [-0.2, -0.15) is 0 Å². The lowest BCUT2D eigenvalue weighted by atomic mass is 10.2. The van der Waals surface area contributed by atoms with E-state index in [1.54, 1.807) is 6.07 Å². The van der Waals surface area contributed by atoms with Gasteiger partial charge in [0.25, 0.3) is 0 Å². The minimum atomic E-state index is 0.0564. The van der Waals surface area contributed by atoms with Crippen molar-refractivity contribution in [1.29, 1.82) is 0 Å². The Labute approximate surface area is 126 Å². The number of nitrogens with zero attached hydrogens (tertiary/aromatic N) is 2. The number of anilines is 3. The van der Waals surface area contributed by atoms with E-state index < -0.39 is 0 Å². The number of benzene rings is 1. The molecule has 0 saturated heterocycles. The number of carbonyl (C=O) groups is 1. The molecule has 0 amide bonds. The van der Waals surface area contributed by atoms with Gasteiger partial charge >= 0.3 is 0 Å². The van der Waals surface area contributed by atoms with Gasteiger partial charge in [-0.05, 0) is 31.5 Å². The minimum absolute atomic E-state index is 0.0564. The highest BCUT2D eigenvalue weighted by Gasteiger charge is 2.03. The van der Waals surface area contributed by atoms with Gasteiger partial charge in [-0.15, -0.1) is 0 Å². The summed E-state index contributed by atoms with van der Waals surface area (Å²) >= 11 is 3.44. The van der Waals surface area contributed by atoms with Crippen LogP contribution in [0.1, 0.15) is 12.5 Å². The van der Waals surface area contributed by atoms with Crippen molar-refractivity contribution >= 4 is 39.0 Å². The molecule has 0 aliphatic rings. The molecule has 0 unspecified atom stereocenters. The van der Waals surface area contributed by atoms with Gasteiger partial charge in [-0.1, -0.05) is 22.0 Å². The summed E-state index contributed by atoms with van der Waals surface area (Å²) < 4.78 is 0.995. The maximum Gasteiger partial charge on any atom is 0.148 e. The largest absolute Gasteiger partial charge is 0.363 e. The quantitative estimate of drug-likeness (QED) is 0.878. The Kier molecular flexibility index (Phi) is 4.68. The summed E-state index contributed by atoms with van der Waals surface area (Å²) in [4.78, 5) is 19.2. The Hall–Kier alpha value is -1.95. The summed E-state index contributed by atoms with van der Waals surface area (Å²) in [5.41, 5.74) is 2.08. The molecule has 1 aromatic heterocycles. The van der Waals surface area contributed by atoms with E-state index in [1.165, 1.54) is 13.3 Å². The summed E-state index contributed by atoms with van der Waals surface area (Å²) in [5.74, 6) is 1.35. The molecule has 0 aliphatic carbocycles. The molecule has 0 radical (unpaired) electrons. The van der Waals surface area contributed by atoms with Gasteiger partial charge in [0.15, 0.2) is 0 Å². The first kappa shape index (κ1) is 14.5. The third-order valence-corrected chi connectivity index (χ3v) is 3.14. The summed E-state index contributed by atoms with van der Waals surface area (Å²) in [6, 6.07) is 7.76. The van der Waals surface area contributed by atoms with Gasteiger partial charge in [0, 0.05) is 16.2 Å². The van der Waals surface area contributed by atoms with Crippen molar-refractivity contribution in [2.24, 2.45) is 0 Å². The third-order valence-electron chi connectivity index (χ3n) is 2.65. The maximum atomic E-state index is 10.9. The number of ketones is 1. The van der Waals surface area contributed by atoms with E-state index in [9.17, 15) is 4.79 Å². The average Bonchev–Trinajstić information content (AvgIpc) is 2.41. The molecule has 0 fully saturated rings. The second-order valence-corrected chi connectivity index (χ2v) is 5.34. The van der Waals surface area contributed by atoms with Crippen molar-refractivity contribution in [3.05, 3.63) is 40.6 Å². The number of carbonyl (C=O) groups excluding carboxylic acids is 1. The molecule has 5 nitrogen and oxygen atoms in total. The monoisotopic (exact) mass is 334 g/mol. The van der Waals surface area contributed by atoms with Gasteiger partial charge in [-0.3, -0.25) is 4.79 Å². The van der Waals surface area contributed by atoms with E-state index >= 15 is 0 Å². The molecule has 0 saturated carbocycles. The van der Waals surface area contributed by atoms with Crippen LogP contribution in [-0.4, -0.2) is 22.3 Å². The molecule has 20 heavy (non-hydrogen) atoms. The van der Waals surface area contributed by atoms with Crippen molar-refractivity contribution in [3.63, 3.8) is 0 Å². The molecule has 2 aromatic rings. The van der Waals surface area contributed by atoms with Gasteiger partial charge in [0.1, 0.15) is 23.7 Å². The van der Waals surface area contributed by atoms with Crippen molar-refractivity contribution in [3.8, 4) is 0 Å². The zero-order chi connectivity index (χ0) is 14.5. The number of halogens is 1. The van der Waals surface area contributed by atoms with Gasteiger partial charge in [0.05, 0.1) is 6.54 Å². The van der Waals surface area contributed by atoms with E-state index in [1.807, 2.05) is 25.1 Å². The molecule has 6 heteroatoms. The topological polar surface area (TPSA) is 66.9 Å². The summed E-state index contributed by atoms with van der Waals surface area (Å²) in [7, 11) is 0. The molecule has 104 valence electrons. The van der Waals surface area contributed by atoms with Crippen molar-refractivity contribution < 1.29 is 4.79 Å². The van der Waals surface area contributed by atoms with Crippen molar-refractivity contribution in [2.45, 2.75) is 13.8 Å². The molecular weight excluding hydrogens is 320 g/mol. The number of rotatable bonds is 5. The fourth-order valence-corrected chi connectivity index (χ4v) is 1.97. The predicted octanol–water partition coefficient (Wildman–Crippen LogP) is 3.29. The fourth-order valence-electron chi connectivity index (χ4n) is 1.60. The predicted molar refractivity (Wildman–Crippen MR) is 83.4 cm³/mol. The third kappa shape index (κ3) is 4.03. The van der Waals surface area contributed by atoms with E-state index in [0.717, 1.165) is 15.7 Å². The van der Waals surface area contributed by atoms with Gasteiger partial charge in [-0.25, -0.2) is 9.97 Å². The zero-order valence-corrected chi connectivity index (χ0v) is 12.9. The van der Waals surface area contributed by atoms with Crippen LogP contribution in [0.15, 0.2) is 35.1 Å². The van der Waals surface area contributed by atoms with E-state index in [0.29, 0.717) is 11.6 Å². The van der Waals surface area contributed by atoms with Gasteiger partial charge in [0.2, 0.25) is 0 Å². The van der Waals surface area contributed by atoms with Crippen LogP contribution in [-0.2, 0) is 4.79 Å². The fraction of sp³-hybridized carbons (Fsp3) is 0.214. The standard InChI is InChI=1S/C14H15BrN4O/c1-9-3-4-11(15)5-12(9)19-14-6-13(17-8-18-14)16-7-10(2)20/h3-6,8H,7H2,1-2H3,(H2,16,17,18,19). The minimum Gasteiger partial charge on any atom is -0.363 e. The van der Waals surface area contributed by atoms with Crippen molar-refractivity contribution in [2.75, 3.05) is 17.2 Å². The average molecular weight is 335 g/mol. The number of nitrogens with one attached hydrogen (secondary N) is 2. The number of Topliss-reactive ketones (excluding diaryl/α,β-unsaturated/α-hetero) is 1. The molecule has 1 heterocycles. The second-order valence-electron chi connectivity index (χ2n) is 4.43. The number of hydrogen-bond acceptors (Lipinski definition) is 5. The highest BCUT2D eigenvalue weighted by Crippen LogP contribution is 2.24. The van der Waals surface area contributed by atoms with Crippen LogP contribution in [0.3, 0.4) is 0 Å². The van der Waals surface area contributed by atoms with Gasteiger partial charge < -0.3 is 10.6 Å². The first-order chi connectivity index (χ1) is 9.54. The molecule has 0 bridgehead atoms. The maximum absolute atomic E-state index is 10.9. The Morgan fingerprint density at radius 3 is 2.75 bits per heavy atom. The molecule has 2 rings (SSSR count). The Balaban J connectivity index is 2.15. The van der Waals surface area contributed by atoms with Crippen LogP contribution >= 0.6 is 15.9 Å². The summed E-state index contributed by atoms with van der Waals surface area (Å²) in [6.07, 6.45) is 1.46. The van der Waals surface area contributed by atoms with Crippen molar-refractivity contribution in [1.82, 2.24) is 9.97 Å². The Morgan fingerprint density at radius 1 is 1.25 bits per heavy atom. The lowest BCUT2D eigenvalue weighted by Gasteiger charge is -2.10. The lowest BCUT2D eigenvalue weighted by Crippen LogP contribution is -2.11. The number of aromatic nitrogens is 2. The summed E-state index contributed by atoms with van der Waals surface area (Å²) in [5, 5.41) is 6.18. The lowest BCUT2D eigenvalue weighted by molar-refractivity contribution is -0.115. The zero-order valence-electron chi connectivity index (χ0n) is 11.3. The molecule has 2 N–H and O–H groups in total. The molecule has 0 spiro atoms. The molecule has 1 aromatic carbocycles. The highest BCUT2D eigenvalue weighted by molar-refractivity contribution is 9.10. The normalized spacial score (nSPS) is 10.2. The molecule has 0 aliphatic heterocycles. The van der Waals surface area contributed by atoms with Crippen LogP contribution in [0, 0.1) is 6.92 Å². The second kappa shape index (κ2) is 6.47. The van der Waals surface area contributed by atoms with E-state index in [4.69, 9.17) is 0 Å². The first-order valence-corrected chi connectivity index (χ1v) is 6.92. The first-order valence-electron chi connectivity index (χ1n) is 6.13.